The van der Waals surface area contributed by atoms with Crippen LogP contribution in [-0.2, 0) is 4.79 Å². The van der Waals surface area contributed by atoms with E-state index in [1.807, 2.05) is 30.5 Å². The van der Waals surface area contributed by atoms with Crippen molar-refractivity contribution < 1.29 is 9.53 Å². The van der Waals surface area contributed by atoms with Gasteiger partial charge in [0, 0.05) is 11.8 Å². The molecule has 82 valence electrons. The van der Waals surface area contributed by atoms with Crippen molar-refractivity contribution in [3.63, 3.8) is 0 Å². The van der Waals surface area contributed by atoms with Gasteiger partial charge in [0.2, 0.25) is 5.91 Å². The molecule has 0 atom stereocenters. The Morgan fingerprint density at radius 1 is 1.40 bits per heavy atom. The van der Waals surface area contributed by atoms with Gasteiger partial charge in [-0.2, -0.15) is 0 Å². The van der Waals surface area contributed by atoms with Crippen LogP contribution in [0, 0.1) is 0 Å². The minimum Gasteiger partial charge on any atom is -0.492 e. The van der Waals surface area contributed by atoms with Crippen LogP contribution in [-0.4, -0.2) is 25.3 Å². The van der Waals surface area contributed by atoms with Crippen LogP contribution in [0.25, 0.3) is 0 Å². The van der Waals surface area contributed by atoms with Crippen LogP contribution in [0.2, 0.25) is 0 Å². The molecule has 0 heterocycles. The third-order valence-electron chi connectivity index (χ3n) is 1.80. The van der Waals surface area contributed by atoms with Crippen molar-refractivity contribution in [3.8, 4) is 5.75 Å². The van der Waals surface area contributed by atoms with Crippen LogP contribution in [0.1, 0.15) is 6.92 Å². The monoisotopic (exact) mass is 225 g/mol. The highest BCUT2D eigenvalue weighted by Crippen LogP contribution is 2.18. The van der Waals surface area contributed by atoms with Crippen molar-refractivity contribution in [2.45, 2.75) is 11.8 Å². The zero-order valence-corrected chi connectivity index (χ0v) is 9.76. The fourth-order valence-electron chi connectivity index (χ4n) is 1.07. The van der Waals surface area contributed by atoms with Crippen molar-refractivity contribution in [1.82, 2.24) is 5.32 Å². The highest BCUT2D eigenvalue weighted by molar-refractivity contribution is 7.98. The zero-order valence-electron chi connectivity index (χ0n) is 8.95. The molecule has 0 aromatic heterocycles. The molecular weight excluding hydrogens is 210 g/mol. The second-order valence-corrected chi connectivity index (χ2v) is 3.89. The maximum absolute atomic E-state index is 10.6. The fourth-order valence-corrected chi connectivity index (χ4v) is 1.48. The largest absolute Gasteiger partial charge is 0.492 e. The number of ether oxygens (including phenoxy) is 1. The first-order valence-electron chi connectivity index (χ1n) is 4.73. The van der Waals surface area contributed by atoms with Crippen LogP contribution in [0.3, 0.4) is 0 Å². The summed E-state index contributed by atoms with van der Waals surface area (Å²) in [6.45, 7) is 2.53. The Kier molecular flexibility index (Phi) is 5.04. The number of benzene rings is 1. The maximum atomic E-state index is 10.6. The number of rotatable bonds is 5. The first-order valence-corrected chi connectivity index (χ1v) is 5.96. The number of nitrogens with one attached hydrogen (secondary N) is 1. The van der Waals surface area contributed by atoms with E-state index in [0.717, 1.165) is 5.75 Å². The average molecular weight is 225 g/mol. The Hall–Kier alpha value is -1.16. The lowest BCUT2D eigenvalue weighted by atomic mass is 10.3. The first kappa shape index (κ1) is 11.9. The van der Waals surface area contributed by atoms with Gasteiger partial charge in [-0.1, -0.05) is 0 Å². The summed E-state index contributed by atoms with van der Waals surface area (Å²) < 4.78 is 5.43. The summed E-state index contributed by atoms with van der Waals surface area (Å²) in [5.74, 6) is 0.800. The highest BCUT2D eigenvalue weighted by atomic mass is 32.2. The number of amides is 1. The van der Waals surface area contributed by atoms with Crippen LogP contribution in [0.4, 0.5) is 0 Å². The van der Waals surface area contributed by atoms with Crippen LogP contribution in [0.5, 0.6) is 5.75 Å². The molecule has 1 aromatic rings. The molecule has 1 aromatic carbocycles. The van der Waals surface area contributed by atoms with Crippen molar-refractivity contribution >= 4 is 17.7 Å². The minimum absolute atomic E-state index is 0.0312. The highest BCUT2D eigenvalue weighted by Gasteiger charge is 1.95. The van der Waals surface area contributed by atoms with Gasteiger partial charge in [-0.3, -0.25) is 4.79 Å². The Morgan fingerprint density at radius 2 is 2.07 bits per heavy atom. The molecule has 1 rings (SSSR count). The molecule has 0 radical (unpaired) electrons. The molecule has 0 aliphatic carbocycles. The zero-order chi connectivity index (χ0) is 11.1. The van der Waals surface area contributed by atoms with Crippen molar-refractivity contribution in [1.29, 1.82) is 0 Å². The average Bonchev–Trinajstić information content (AvgIpc) is 2.25. The van der Waals surface area contributed by atoms with Crippen molar-refractivity contribution in [3.05, 3.63) is 24.3 Å². The quantitative estimate of drug-likeness (QED) is 0.614. The van der Waals surface area contributed by atoms with Gasteiger partial charge >= 0.3 is 0 Å². The van der Waals surface area contributed by atoms with E-state index in [1.165, 1.54) is 11.8 Å². The molecule has 0 aliphatic rings. The lowest BCUT2D eigenvalue weighted by Gasteiger charge is -2.06. The molecule has 1 N–H and O–H groups in total. The number of carbonyl (C=O) groups excluding carboxylic acids is 1. The van der Waals surface area contributed by atoms with Crippen LogP contribution in [0.15, 0.2) is 29.2 Å². The molecule has 0 unspecified atom stereocenters. The molecule has 0 bridgehead atoms. The molecule has 1 amide bonds. The van der Waals surface area contributed by atoms with Crippen LogP contribution < -0.4 is 10.1 Å². The lowest BCUT2D eigenvalue weighted by molar-refractivity contribution is -0.119. The summed E-state index contributed by atoms with van der Waals surface area (Å²) in [6, 6.07) is 7.88. The number of hydrogen-bond donors (Lipinski definition) is 1. The Labute approximate surface area is 94.2 Å². The van der Waals surface area contributed by atoms with E-state index in [1.54, 1.807) is 11.8 Å². The van der Waals surface area contributed by atoms with Gasteiger partial charge in [0.25, 0.3) is 0 Å². The van der Waals surface area contributed by atoms with Gasteiger partial charge in [-0.15, -0.1) is 11.8 Å². The lowest BCUT2D eigenvalue weighted by Crippen LogP contribution is -2.25. The summed E-state index contributed by atoms with van der Waals surface area (Å²) in [4.78, 5) is 11.8. The number of thioether (sulfide) groups is 1. The maximum Gasteiger partial charge on any atom is 0.216 e. The van der Waals surface area contributed by atoms with Crippen molar-refractivity contribution in [2.75, 3.05) is 19.4 Å². The normalized spacial score (nSPS) is 9.73. The summed E-state index contributed by atoms with van der Waals surface area (Å²) in [5.41, 5.74) is 0. The fraction of sp³-hybridized carbons (Fsp3) is 0.364. The second-order valence-electron chi connectivity index (χ2n) is 3.01. The topological polar surface area (TPSA) is 38.3 Å². The molecule has 0 saturated carbocycles. The van der Waals surface area contributed by atoms with E-state index in [0.29, 0.717) is 13.2 Å². The van der Waals surface area contributed by atoms with E-state index >= 15 is 0 Å². The van der Waals surface area contributed by atoms with Crippen LogP contribution >= 0.6 is 11.8 Å². The van der Waals surface area contributed by atoms with E-state index < -0.39 is 0 Å². The number of hydrogen-bond acceptors (Lipinski definition) is 3. The summed E-state index contributed by atoms with van der Waals surface area (Å²) in [5, 5.41) is 2.67. The Balaban J connectivity index is 2.28. The summed E-state index contributed by atoms with van der Waals surface area (Å²) >= 11 is 1.70. The van der Waals surface area contributed by atoms with Gasteiger partial charge in [0.1, 0.15) is 12.4 Å². The predicted octanol–water partition coefficient (Wildman–Crippen LogP) is 1.92. The third kappa shape index (κ3) is 4.74. The third-order valence-corrected chi connectivity index (χ3v) is 2.55. The molecule has 3 nitrogen and oxygen atoms in total. The van der Waals surface area contributed by atoms with E-state index in [-0.39, 0.29) is 5.91 Å². The molecule has 0 fully saturated rings. The minimum atomic E-state index is -0.0312. The molecule has 0 saturated heterocycles. The first-order chi connectivity index (χ1) is 7.22. The van der Waals surface area contributed by atoms with E-state index in [2.05, 4.69) is 5.32 Å². The molecule has 0 spiro atoms. The summed E-state index contributed by atoms with van der Waals surface area (Å²) in [7, 11) is 0. The molecular formula is C11H15NO2S. The SMILES string of the molecule is CSc1ccc(OCCNC(C)=O)cc1. The number of carbonyl (C=O) groups is 1. The Morgan fingerprint density at radius 3 is 2.60 bits per heavy atom. The molecule has 4 heteroatoms. The summed E-state index contributed by atoms with van der Waals surface area (Å²) in [6.07, 6.45) is 2.03. The van der Waals surface area contributed by atoms with Gasteiger partial charge in [0.15, 0.2) is 0 Å². The predicted molar refractivity (Wildman–Crippen MR) is 62.4 cm³/mol. The van der Waals surface area contributed by atoms with Crippen molar-refractivity contribution in [2.24, 2.45) is 0 Å². The standard InChI is InChI=1S/C11H15NO2S/c1-9(13)12-7-8-14-10-3-5-11(15-2)6-4-10/h3-6H,7-8H2,1-2H3,(H,12,13). The second kappa shape index (κ2) is 6.35. The van der Waals surface area contributed by atoms with Gasteiger partial charge in [-0.05, 0) is 30.5 Å². The van der Waals surface area contributed by atoms with E-state index in [4.69, 9.17) is 4.74 Å². The molecule has 15 heavy (non-hydrogen) atoms. The molecule has 0 aliphatic heterocycles. The van der Waals surface area contributed by atoms with Gasteiger partial charge in [-0.25, -0.2) is 0 Å². The van der Waals surface area contributed by atoms with Gasteiger partial charge < -0.3 is 10.1 Å². The van der Waals surface area contributed by atoms with E-state index in [9.17, 15) is 4.79 Å². The Bertz CT molecular complexity index is 311. The smallest absolute Gasteiger partial charge is 0.216 e. The van der Waals surface area contributed by atoms with Gasteiger partial charge in [0.05, 0.1) is 6.54 Å².